The first-order chi connectivity index (χ1) is 13.7. The van der Waals surface area contributed by atoms with Crippen LogP contribution in [0.2, 0.25) is 0 Å². The molecule has 4 rings (SSSR count). The molecule has 2 fully saturated rings. The molecule has 2 aliphatic heterocycles. The molecule has 3 heterocycles. The monoisotopic (exact) mass is 402 g/mol. The standard InChI is InChI=1S/C20H26N4O3S/c1-2-18(25)24-8-4-3-5-16(24)19(26)21-14-6-7-15-17(13-14)28-20(22-15)23-9-11-27-12-10-23/h6-7,13,16H,2-5,8-12H2,1H3,(H,21,26). The number of carbonyl (C=O) groups excluding carboxylic acids is 2. The van der Waals surface area contributed by atoms with Gasteiger partial charge in [-0.05, 0) is 37.5 Å². The van der Waals surface area contributed by atoms with Crippen molar-refractivity contribution in [1.29, 1.82) is 0 Å². The van der Waals surface area contributed by atoms with Gasteiger partial charge in [0.15, 0.2) is 5.13 Å². The molecule has 1 atom stereocenters. The van der Waals surface area contributed by atoms with Crippen molar-refractivity contribution in [1.82, 2.24) is 9.88 Å². The fourth-order valence-corrected chi connectivity index (χ4v) is 4.87. The summed E-state index contributed by atoms with van der Waals surface area (Å²) in [5, 5.41) is 4.01. The molecule has 2 saturated heterocycles. The molecule has 0 aliphatic carbocycles. The molecule has 28 heavy (non-hydrogen) atoms. The van der Waals surface area contributed by atoms with E-state index in [0.29, 0.717) is 13.0 Å². The van der Waals surface area contributed by atoms with Crippen LogP contribution < -0.4 is 10.2 Å². The molecule has 1 aromatic carbocycles. The van der Waals surface area contributed by atoms with Crippen molar-refractivity contribution in [2.75, 3.05) is 43.1 Å². The zero-order chi connectivity index (χ0) is 19.5. The molecular formula is C20H26N4O3S. The first-order valence-electron chi connectivity index (χ1n) is 9.99. The second kappa shape index (κ2) is 8.45. The number of hydrogen-bond acceptors (Lipinski definition) is 6. The number of piperidine rings is 1. The highest BCUT2D eigenvalue weighted by molar-refractivity contribution is 7.22. The number of aromatic nitrogens is 1. The maximum atomic E-state index is 12.8. The molecule has 150 valence electrons. The van der Waals surface area contributed by atoms with Crippen molar-refractivity contribution in [3.8, 4) is 0 Å². The van der Waals surface area contributed by atoms with Crippen LogP contribution in [0.15, 0.2) is 18.2 Å². The molecule has 7 nitrogen and oxygen atoms in total. The van der Waals surface area contributed by atoms with Gasteiger partial charge >= 0.3 is 0 Å². The van der Waals surface area contributed by atoms with Crippen LogP contribution in [-0.2, 0) is 14.3 Å². The normalized spacial score (nSPS) is 20.4. The Kier molecular flexibility index (Phi) is 5.77. The largest absolute Gasteiger partial charge is 0.378 e. The van der Waals surface area contributed by atoms with Crippen molar-refractivity contribution in [2.45, 2.75) is 38.6 Å². The third kappa shape index (κ3) is 3.98. The molecule has 1 unspecified atom stereocenters. The summed E-state index contributed by atoms with van der Waals surface area (Å²) in [5.41, 5.74) is 1.69. The first kappa shape index (κ1) is 19.1. The lowest BCUT2D eigenvalue weighted by Gasteiger charge is -2.34. The molecule has 1 aromatic heterocycles. The highest BCUT2D eigenvalue weighted by atomic mass is 32.1. The summed E-state index contributed by atoms with van der Waals surface area (Å²) in [4.78, 5) is 33.7. The molecule has 0 saturated carbocycles. The van der Waals surface area contributed by atoms with Gasteiger partial charge in [0.2, 0.25) is 11.8 Å². The van der Waals surface area contributed by atoms with Crippen LogP contribution >= 0.6 is 11.3 Å². The van der Waals surface area contributed by atoms with Crippen molar-refractivity contribution in [3.63, 3.8) is 0 Å². The van der Waals surface area contributed by atoms with Crippen LogP contribution in [0.4, 0.5) is 10.8 Å². The predicted octanol–water partition coefficient (Wildman–Crippen LogP) is 2.86. The lowest BCUT2D eigenvalue weighted by atomic mass is 10.0. The Hall–Kier alpha value is -2.19. The molecule has 2 amide bonds. The zero-order valence-electron chi connectivity index (χ0n) is 16.1. The third-order valence-corrected chi connectivity index (χ3v) is 6.43. The molecule has 2 aliphatic rings. The fourth-order valence-electron chi connectivity index (χ4n) is 3.81. The van der Waals surface area contributed by atoms with E-state index in [4.69, 9.17) is 9.72 Å². The first-order valence-corrected chi connectivity index (χ1v) is 10.8. The van der Waals surface area contributed by atoms with Gasteiger partial charge in [-0.25, -0.2) is 4.98 Å². The average molecular weight is 403 g/mol. The minimum atomic E-state index is -0.373. The van der Waals surface area contributed by atoms with Crippen LogP contribution in [0.25, 0.3) is 10.2 Å². The number of hydrogen-bond donors (Lipinski definition) is 1. The van der Waals surface area contributed by atoms with E-state index >= 15 is 0 Å². The summed E-state index contributed by atoms with van der Waals surface area (Å²) in [5.74, 6) is -0.0494. The quantitative estimate of drug-likeness (QED) is 0.851. The van der Waals surface area contributed by atoms with Gasteiger partial charge < -0.3 is 19.9 Å². The summed E-state index contributed by atoms with van der Waals surface area (Å²) in [6.45, 7) is 5.67. The number of likely N-dealkylation sites (tertiary alicyclic amines) is 1. The van der Waals surface area contributed by atoms with Crippen LogP contribution in [0.5, 0.6) is 0 Å². The molecular weight excluding hydrogens is 376 g/mol. The number of morpholine rings is 1. The van der Waals surface area contributed by atoms with E-state index in [-0.39, 0.29) is 17.9 Å². The number of benzene rings is 1. The molecule has 8 heteroatoms. The van der Waals surface area contributed by atoms with Crippen LogP contribution in [0, 0.1) is 0 Å². The smallest absolute Gasteiger partial charge is 0.247 e. The van der Waals surface area contributed by atoms with E-state index in [1.54, 1.807) is 16.2 Å². The Bertz CT molecular complexity index is 862. The molecule has 0 bridgehead atoms. The minimum Gasteiger partial charge on any atom is -0.378 e. The number of ether oxygens (including phenoxy) is 1. The van der Waals surface area contributed by atoms with Gasteiger partial charge in [0.05, 0.1) is 23.4 Å². The molecule has 1 N–H and O–H groups in total. The summed E-state index contributed by atoms with van der Waals surface area (Å²) in [6.07, 6.45) is 3.09. The van der Waals surface area contributed by atoms with Gasteiger partial charge in [-0.15, -0.1) is 0 Å². The number of fused-ring (bicyclic) bond motifs is 1. The molecule has 2 aromatic rings. The minimum absolute atomic E-state index is 0.0490. The highest BCUT2D eigenvalue weighted by Gasteiger charge is 2.31. The second-order valence-electron chi connectivity index (χ2n) is 7.22. The topological polar surface area (TPSA) is 74.8 Å². The van der Waals surface area contributed by atoms with E-state index in [9.17, 15) is 9.59 Å². The van der Waals surface area contributed by atoms with E-state index in [1.807, 2.05) is 25.1 Å². The third-order valence-electron chi connectivity index (χ3n) is 5.35. The Labute approximate surface area is 168 Å². The summed E-state index contributed by atoms with van der Waals surface area (Å²) in [7, 11) is 0. The number of thiazole rings is 1. The number of amides is 2. The van der Waals surface area contributed by atoms with Crippen LogP contribution in [0.1, 0.15) is 32.6 Å². The van der Waals surface area contributed by atoms with Gasteiger partial charge in [0.1, 0.15) is 6.04 Å². The van der Waals surface area contributed by atoms with Crippen molar-refractivity contribution in [3.05, 3.63) is 18.2 Å². The second-order valence-corrected chi connectivity index (χ2v) is 8.23. The average Bonchev–Trinajstić information content (AvgIpc) is 3.17. The summed E-state index contributed by atoms with van der Waals surface area (Å²) >= 11 is 1.63. The Morgan fingerprint density at radius 3 is 2.86 bits per heavy atom. The van der Waals surface area contributed by atoms with E-state index in [2.05, 4.69) is 10.2 Å². The Morgan fingerprint density at radius 1 is 1.25 bits per heavy atom. The van der Waals surface area contributed by atoms with Crippen molar-refractivity contribution >= 4 is 44.2 Å². The maximum absolute atomic E-state index is 12.8. The lowest BCUT2D eigenvalue weighted by molar-refractivity contribution is -0.140. The van der Waals surface area contributed by atoms with Gasteiger partial charge in [-0.1, -0.05) is 18.3 Å². The van der Waals surface area contributed by atoms with E-state index in [0.717, 1.165) is 66.6 Å². The van der Waals surface area contributed by atoms with Crippen molar-refractivity contribution < 1.29 is 14.3 Å². The summed E-state index contributed by atoms with van der Waals surface area (Å²) < 4.78 is 6.45. The Morgan fingerprint density at radius 2 is 2.07 bits per heavy atom. The molecule has 0 radical (unpaired) electrons. The Balaban J connectivity index is 1.49. The van der Waals surface area contributed by atoms with Gasteiger partial charge in [0.25, 0.3) is 0 Å². The highest BCUT2D eigenvalue weighted by Crippen LogP contribution is 2.31. The number of carbonyl (C=O) groups is 2. The van der Waals surface area contributed by atoms with Crippen LogP contribution in [-0.4, -0.2) is 60.6 Å². The number of rotatable bonds is 4. The number of anilines is 2. The lowest BCUT2D eigenvalue weighted by Crippen LogP contribution is -2.49. The van der Waals surface area contributed by atoms with Gasteiger partial charge in [-0.3, -0.25) is 9.59 Å². The predicted molar refractivity (Wildman–Crippen MR) is 111 cm³/mol. The van der Waals surface area contributed by atoms with E-state index in [1.165, 1.54) is 0 Å². The number of nitrogens with zero attached hydrogens (tertiary/aromatic N) is 3. The van der Waals surface area contributed by atoms with Gasteiger partial charge in [-0.2, -0.15) is 0 Å². The molecule has 0 spiro atoms. The SMILES string of the molecule is CCC(=O)N1CCCCC1C(=O)Nc1ccc2nc(N3CCOCC3)sc2c1. The van der Waals surface area contributed by atoms with Gasteiger partial charge in [0, 0.05) is 31.7 Å². The van der Waals surface area contributed by atoms with Crippen molar-refractivity contribution in [2.24, 2.45) is 0 Å². The number of nitrogens with one attached hydrogen (secondary N) is 1. The summed E-state index contributed by atoms with van der Waals surface area (Å²) in [6, 6.07) is 5.44. The zero-order valence-corrected chi connectivity index (χ0v) is 17.0. The van der Waals surface area contributed by atoms with Crippen LogP contribution in [0.3, 0.4) is 0 Å². The van der Waals surface area contributed by atoms with E-state index < -0.39 is 0 Å². The maximum Gasteiger partial charge on any atom is 0.247 e. The fraction of sp³-hybridized carbons (Fsp3) is 0.550.